The lowest BCUT2D eigenvalue weighted by Gasteiger charge is -2.21. The van der Waals surface area contributed by atoms with Crippen molar-refractivity contribution in [3.05, 3.63) is 59.7 Å². The van der Waals surface area contributed by atoms with Gasteiger partial charge < -0.3 is 14.8 Å². The van der Waals surface area contributed by atoms with Crippen LogP contribution in [0.3, 0.4) is 0 Å². The predicted octanol–water partition coefficient (Wildman–Crippen LogP) is 2.26. The van der Waals surface area contributed by atoms with Gasteiger partial charge in [-0.25, -0.2) is 9.59 Å². The number of nitrogens with zero attached hydrogens (tertiary/aromatic N) is 1. The Morgan fingerprint density at radius 2 is 1.79 bits per heavy atom. The van der Waals surface area contributed by atoms with E-state index in [0.717, 1.165) is 22.3 Å². The van der Waals surface area contributed by atoms with Crippen LogP contribution >= 0.6 is 0 Å². The molecule has 1 aliphatic heterocycles. The summed E-state index contributed by atoms with van der Waals surface area (Å²) in [4.78, 5) is 36.1. The Balaban J connectivity index is 1.46. The summed E-state index contributed by atoms with van der Waals surface area (Å²) in [6.07, 6.45) is 0.239. The van der Waals surface area contributed by atoms with Gasteiger partial charge in [0.05, 0.1) is 0 Å². The number of nitrogens with one attached hydrogen (secondary N) is 1. The van der Waals surface area contributed by atoms with Crippen LogP contribution in [0.25, 0.3) is 11.1 Å². The Morgan fingerprint density at radius 3 is 2.43 bits per heavy atom. The Bertz CT molecular complexity index is 868. The summed E-state index contributed by atoms with van der Waals surface area (Å²) in [7, 11) is 0. The van der Waals surface area contributed by atoms with Gasteiger partial charge in [-0.1, -0.05) is 48.5 Å². The van der Waals surface area contributed by atoms with Crippen LogP contribution in [0.2, 0.25) is 0 Å². The summed E-state index contributed by atoms with van der Waals surface area (Å²) in [5, 5.41) is 2.49. The van der Waals surface area contributed by atoms with Crippen LogP contribution in [0.4, 0.5) is 4.79 Å². The van der Waals surface area contributed by atoms with E-state index in [-0.39, 0.29) is 32.2 Å². The van der Waals surface area contributed by atoms with E-state index >= 15 is 0 Å². The van der Waals surface area contributed by atoms with Gasteiger partial charge in [-0.15, -0.1) is 0 Å². The number of benzene rings is 2. The number of carbonyl (C=O) groups excluding carboxylic acids is 3. The predicted molar refractivity (Wildman–Crippen MR) is 100 cm³/mol. The lowest BCUT2D eigenvalue weighted by atomic mass is 9.98. The minimum absolute atomic E-state index is 0.0502. The SMILES string of the molecule is O=CNCC[C@H]1C(=O)OCN1C(=O)OCC1c2ccccc2-c2ccccc21. The standard InChI is InChI=1S/C21H20N2O5/c24-12-22-10-9-19-20(25)28-13-23(19)21(26)27-11-18-16-7-3-1-5-14(16)15-6-2-4-8-17(15)18/h1-8,12,18-19H,9-11,13H2,(H,22,24)/t19-/m0/s1. The molecule has 144 valence electrons. The molecule has 28 heavy (non-hydrogen) atoms. The molecule has 1 aliphatic carbocycles. The lowest BCUT2D eigenvalue weighted by molar-refractivity contribution is -0.139. The molecule has 0 aromatic heterocycles. The minimum Gasteiger partial charge on any atom is -0.448 e. The third kappa shape index (κ3) is 3.19. The smallest absolute Gasteiger partial charge is 0.413 e. The molecular weight excluding hydrogens is 360 g/mol. The summed E-state index contributed by atoms with van der Waals surface area (Å²) in [5.41, 5.74) is 4.54. The molecule has 2 aromatic rings. The van der Waals surface area contributed by atoms with Crippen molar-refractivity contribution in [1.29, 1.82) is 0 Å². The second-order valence-electron chi connectivity index (χ2n) is 6.74. The van der Waals surface area contributed by atoms with Crippen LogP contribution in [0.15, 0.2) is 48.5 Å². The number of esters is 1. The molecule has 0 radical (unpaired) electrons. The molecular formula is C21H20N2O5. The molecule has 0 saturated carbocycles. The Labute approximate surface area is 162 Å². The highest BCUT2D eigenvalue weighted by molar-refractivity contribution is 5.84. The summed E-state index contributed by atoms with van der Waals surface area (Å²) in [6, 6.07) is 15.4. The van der Waals surface area contributed by atoms with Crippen LogP contribution in [-0.2, 0) is 19.1 Å². The zero-order valence-electron chi connectivity index (χ0n) is 15.2. The fraction of sp³-hybridized carbons (Fsp3) is 0.286. The van der Waals surface area contributed by atoms with Gasteiger partial charge in [0.1, 0.15) is 12.6 Å². The number of amides is 2. The Morgan fingerprint density at radius 1 is 1.14 bits per heavy atom. The van der Waals surface area contributed by atoms with Gasteiger partial charge in [0.15, 0.2) is 6.73 Å². The maximum absolute atomic E-state index is 12.6. The van der Waals surface area contributed by atoms with Crippen molar-refractivity contribution >= 4 is 18.5 Å². The highest BCUT2D eigenvalue weighted by Gasteiger charge is 2.39. The van der Waals surface area contributed by atoms with Crippen molar-refractivity contribution in [2.45, 2.75) is 18.4 Å². The molecule has 2 aliphatic rings. The largest absolute Gasteiger partial charge is 0.448 e. The van der Waals surface area contributed by atoms with Crippen molar-refractivity contribution in [2.75, 3.05) is 19.9 Å². The van der Waals surface area contributed by atoms with Gasteiger partial charge in [0.25, 0.3) is 0 Å². The molecule has 2 amide bonds. The molecule has 0 bridgehead atoms. The van der Waals surface area contributed by atoms with E-state index in [1.807, 2.05) is 36.4 Å². The van der Waals surface area contributed by atoms with E-state index in [1.54, 1.807) is 0 Å². The van der Waals surface area contributed by atoms with E-state index in [9.17, 15) is 14.4 Å². The first-order chi connectivity index (χ1) is 13.7. The fourth-order valence-corrected chi connectivity index (χ4v) is 3.86. The first-order valence-electron chi connectivity index (χ1n) is 9.16. The Hall–Kier alpha value is -3.35. The van der Waals surface area contributed by atoms with Gasteiger partial charge in [-0.05, 0) is 28.7 Å². The molecule has 1 saturated heterocycles. The second-order valence-corrected chi connectivity index (χ2v) is 6.74. The number of hydrogen-bond acceptors (Lipinski definition) is 5. The average molecular weight is 380 g/mol. The number of ether oxygens (including phenoxy) is 2. The van der Waals surface area contributed by atoms with Crippen LogP contribution in [0.1, 0.15) is 23.5 Å². The summed E-state index contributed by atoms with van der Waals surface area (Å²) < 4.78 is 10.6. The van der Waals surface area contributed by atoms with E-state index < -0.39 is 18.1 Å². The first-order valence-corrected chi connectivity index (χ1v) is 9.16. The molecule has 1 N–H and O–H groups in total. The van der Waals surface area contributed by atoms with E-state index in [4.69, 9.17) is 9.47 Å². The minimum atomic E-state index is -0.747. The van der Waals surface area contributed by atoms with Crippen LogP contribution < -0.4 is 5.32 Å². The van der Waals surface area contributed by atoms with Gasteiger partial charge in [-0.2, -0.15) is 0 Å². The summed E-state index contributed by atoms with van der Waals surface area (Å²) >= 11 is 0. The van der Waals surface area contributed by atoms with Crippen molar-refractivity contribution in [1.82, 2.24) is 10.2 Å². The maximum atomic E-state index is 12.6. The number of cyclic esters (lactones) is 1. The third-order valence-electron chi connectivity index (χ3n) is 5.21. The van der Waals surface area contributed by atoms with Crippen molar-refractivity contribution in [3.8, 4) is 11.1 Å². The number of carbonyl (C=O) groups is 3. The van der Waals surface area contributed by atoms with E-state index in [2.05, 4.69) is 17.4 Å². The molecule has 1 heterocycles. The highest BCUT2D eigenvalue weighted by Crippen LogP contribution is 2.44. The van der Waals surface area contributed by atoms with Gasteiger partial charge in [0, 0.05) is 12.5 Å². The molecule has 2 aromatic carbocycles. The van der Waals surface area contributed by atoms with Crippen LogP contribution in [0, 0.1) is 0 Å². The number of rotatable bonds is 6. The zero-order valence-corrected chi connectivity index (χ0v) is 15.2. The van der Waals surface area contributed by atoms with Crippen molar-refractivity contribution in [3.63, 3.8) is 0 Å². The van der Waals surface area contributed by atoms with E-state index in [1.165, 1.54) is 4.90 Å². The van der Waals surface area contributed by atoms with E-state index in [0.29, 0.717) is 6.41 Å². The van der Waals surface area contributed by atoms with Crippen LogP contribution in [-0.4, -0.2) is 49.3 Å². The molecule has 7 nitrogen and oxygen atoms in total. The molecule has 7 heteroatoms. The monoisotopic (exact) mass is 380 g/mol. The molecule has 1 atom stereocenters. The molecule has 4 rings (SSSR count). The van der Waals surface area contributed by atoms with Crippen molar-refractivity contribution in [2.24, 2.45) is 0 Å². The zero-order chi connectivity index (χ0) is 19.5. The fourth-order valence-electron chi connectivity index (χ4n) is 3.86. The van der Waals surface area contributed by atoms with Gasteiger partial charge in [0.2, 0.25) is 6.41 Å². The quantitative estimate of drug-likeness (QED) is 0.472. The summed E-state index contributed by atoms with van der Waals surface area (Å²) in [6.45, 7) is 0.314. The second kappa shape index (κ2) is 7.72. The number of fused-ring (bicyclic) bond motifs is 3. The number of hydrogen-bond donors (Lipinski definition) is 1. The van der Waals surface area contributed by atoms with Crippen LogP contribution in [0.5, 0.6) is 0 Å². The molecule has 0 unspecified atom stereocenters. The maximum Gasteiger partial charge on any atom is 0.413 e. The molecule has 1 fully saturated rings. The normalized spacial score (nSPS) is 17.6. The lowest BCUT2D eigenvalue weighted by Crippen LogP contribution is -2.40. The Kier molecular flexibility index (Phi) is 4.97. The van der Waals surface area contributed by atoms with Gasteiger partial charge in [-0.3, -0.25) is 9.69 Å². The van der Waals surface area contributed by atoms with Gasteiger partial charge >= 0.3 is 12.1 Å². The first kappa shape index (κ1) is 18.0. The highest BCUT2D eigenvalue weighted by atomic mass is 16.6. The molecule has 0 spiro atoms. The summed E-state index contributed by atoms with van der Waals surface area (Å²) in [5.74, 6) is -0.535. The average Bonchev–Trinajstić information content (AvgIpc) is 3.25. The topological polar surface area (TPSA) is 84.9 Å². The third-order valence-corrected chi connectivity index (χ3v) is 5.21. The van der Waals surface area contributed by atoms with Crippen molar-refractivity contribution < 1.29 is 23.9 Å².